The molecule has 1 fully saturated rings. The maximum atomic E-state index is 10.9. The van der Waals surface area contributed by atoms with E-state index in [1.54, 1.807) is 12.1 Å². The summed E-state index contributed by atoms with van der Waals surface area (Å²) in [5, 5.41) is 60.2. The van der Waals surface area contributed by atoms with Gasteiger partial charge >= 0.3 is 0 Å². The van der Waals surface area contributed by atoms with Gasteiger partial charge in [0.1, 0.15) is 30.2 Å². The molecule has 0 spiro atoms. The van der Waals surface area contributed by atoms with Gasteiger partial charge in [-0.15, -0.1) is 0 Å². The molecule has 1 aliphatic rings. The van der Waals surface area contributed by atoms with Crippen LogP contribution in [0.25, 0.3) is 0 Å². The largest absolute Gasteiger partial charge is 0.508 e. The van der Waals surface area contributed by atoms with E-state index in [0.717, 1.165) is 5.56 Å². The molecule has 7 nitrogen and oxygen atoms in total. The normalized spacial score (nSPS) is 31.0. The van der Waals surface area contributed by atoms with E-state index in [2.05, 4.69) is 0 Å². The third kappa shape index (κ3) is 3.81. The van der Waals surface area contributed by atoms with Gasteiger partial charge in [-0.1, -0.05) is 29.8 Å². The third-order valence-electron chi connectivity index (χ3n) is 4.76. The highest BCUT2D eigenvalue weighted by atomic mass is 35.5. The van der Waals surface area contributed by atoms with Crippen molar-refractivity contribution in [3.05, 3.63) is 64.2 Å². The maximum absolute atomic E-state index is 10.9. The molecule has 0 aromatic heterocycles. The highest BCUT2D eigenvalue weighted by Gasteiger charge is 2.53. The van der Waals surface area contributed by atoms with Crippen molar-refractivity contribution >= 4 is 11.6 Å². The lowest BCUT2D eigenvalue weighted by Gasteiger charge is -2.45. The first-order valence-electron chi connectivity index (χ1n) is 8.38. The maximum Gasteiger partial charge on any atom is 0.222 e. The molecule has 2 aromatic rings. The van der Waals surface area contributed by atoms with Crippen molar-refractivity contribution in [2.75, 3.05) is 6.61 Å². The molecule has 0 saturated carbocycles. The molecule has 0 aliphatic carbocycles. The smallest absolute Gasteiger partial charge is 0.222 e. The van der Waals surface area contributed by atoms with E-state index in [1.165, 1.54) is 30.3 Å². The Morgan fingerprint density at radius 2 is 1.67 bits per heavy atom. The van der Waals surface area contributed by atoms with Crippen LogP contribution in [-0.2, 0) is 16.9 Å². The van der Waals surface area contributed by atoms with Crippen LogP contribution < -0.4 is 0 Å². The number of aliphatic hydroxyl groups is 5. The van der Waals surface area contributed by atoms with Crippen LogP contribution in [0.15, 0.2) is 42.5 Å². The number of ether oxygens (including phenoxy) is 1. The van der Waals surface area contributed by atoms with Gasteiger partial charge in [0.25, 0.3) is 0 Å². The Labute approximate surface area is 160 Å². The molecule has 27 heavy (non-hydrogen) atoms. The predicted molar refractivity (Wildman–Crippen MR) is 96.2 cm³/mol. The molecule has 8 heteroatoms. The number of hydrogen-bond donors (Lipinski definition) is 6. The summed E-state index contributed by atoms with van der Waals surface area (Å²) in [6.45, 7) is -0.652. The Morgan fingerprint density at radius 1 is 1.00 bits per heavy atom. The number of aliphatic hydroxyl groups excluding tert-OH is 4. The van der Waals surface area contributed by atoms with Crippen LogP contribution in [0.3, 0.4) is 0 Å². The summed E-state index contributed by atoms with van der Waals surface area (Å²) in [4.78, 5) is 0. The van der Waals surface area contributed by atoms with Gasteiger partial charge in [0, 0.05) is 10.6 Å². The van der Waals surface area contributed by atoms with Crippen molar-refractivity contribution in [3.63, 3.8) is 0 Å². The zero-order chi connectivity index (χ0) is 19.8. The van der Waals surface area contributed by atoms with Crippen LogP contribution >= 0.6 is 11.6 Å². The Hall–Kier alpha value is -1.71. The fraction of sp³-hybridized carbons (Fsp3) is 0.368. The Kier molecular flexibility index (Phi) is 5.73. The number of halogens is 1. The zero-order valence-electron chi connectivity index (χ0n) is 14.2. The van der Waals surface area contributed by atoms with Crippen LogP contribution in [0, 0.1) is 0 Å². The molecule has 1 saturated heterocycles. The second-order valence-electron chi connectivity index (χ2n) is 6.61. The first-order chi connectivity index (χ1) is 12.8. The molecule has 146 valence electrons. The van der Waals surface area contributed by atoms with E-state index in [-0.39, 0.29) is 11.3 Å². The van der Waals surface area contributed by atoms with Crippen molar-refractivity contribution < 1.29 is 35.4 Å². The summed E-state index contributed by atoms with van der Waals surface area (Å²) in [6.07, 6.45) is -5.98. The van der Waals surface area contributed by atoms with Crippen LogP contribution in [-0.4, -0.2) is 61.7 Å². The minimum absolute atomic E-state index is 0.123. The summed E-state index contributed by atoms with van der Waals surface area (Å²) in [6, 6.07) is 11.0. The molecule has 5 atom stereocenters. The number of rotatable bonds is 4. The number of hydrogen-bond acceptors (Lipinski definition) is 7. The van der Waals surface area contributed by atoms with E-state index in [9.17, 15) is 30.6 Å². The molecular weight excluding hydrogens is 376 g/mol. The summed E-state index contributed by atoms with van der Waals surface area (Å²) >= 11 is 6.24. The quantitative estimate of drug-likeness (QED) is 0.437. The topological polar surface area (TPSA) is 131 Å². The first-order valence-corrected chi connectivity index (χ1v) is 8.76. The van der Waals surface area contributed by atoms with Gasteiger partial charge in [-0.05, 0) is 41.8 Å². The van der Waals surface area contributed by atoms with Crippen molar-refractivity contribution in [2.45, 2.75) is 36.6 Å². The number of phenols is 1. The highest BCUT2D eigenvalue weighted by Crippen LogP contribution is 2.37. The molecule has 3 rings (SSSR count). The Balaban J connectivity index is 1.95. The molecule has 5 unspecified atom stereocenters. The van der Waals surface area contributed by atoms with Gasteiger partial charge in [-0.25, -0.2) is 0 Å². The fourth-order valence-electron chi connectivity index (χ4n) is 3.16. The molecule has 2 aromatic carbocycles. The van der Waals surface area contributed by atoms with Crippen molar-refractivity contribution in [1.82, 2.24) is 0 Å². The fourth-order valence-corrected chi connectivity index (χ4v) is 3.34. The van der Waals surface area contributed by atoms with E-state index < -0.39 is 36.8 Å². The molecule has 6 N–H and O–H groups in total. The van der Waals surface area contributed by atoms with Crippen molar-refractivity contribution in [3.8, 4) is 5.75 Å². The number of aromatic hydroxyl groups is 1. The van der Waals surface area contributed by atoms with Gasteiger partial charge in [0.15, 0.2) is 0 Å². The van der Waals surface area contributed by atoms with Crippen LogP contribution in [0.4, 0.5) is 0 Å². The van der Waals surface area contributed by atoms with E-state index in [1.807, 2.05) is 0 Å². The Morgan fingerprint density at radius 3 is 2.30 bits per heavy atom. The van der Waals surface area contributed by atoms with Gasteiger partial charge in [-0.2, -0.15) is 0 Å². The number of benzene rings is 2. The van der Waals surface area contributed by atoms with Gasteiger partial charge in [0.05, 0.1) is 6.61 Å². The van der Waals surface area contributed by atoms with E-state index >= 15 is 0 Å². The number of phenolic OH excluding ortho intramolecular Hbond substituents is 1. The predicted octanol–water partition coefficient (Wildman–Crippen LogP) is 0.255. The molecule has 1 aliphatic heterocycles. The third-order valence-corrected chi connectivity index (χ3v) is 5.13. The minimum Gasteiger partial charge on any atom is -0.508 e. The lowest BCUT2D eigenvalue weighted by atomic mass is 9.87. The van der Waals surface area contributed by atoms with Crippen LogP contribution in [0.2, 0.25) is 5.02 Å². The summed E-state index contributed by atoms with van der Waals surface area (Å²) in [5.74, 6) is -2.20. The average Bonchev–Trinajstić information content (AvgIpc) is 2.66. The lowest BCUT2D eigenvalue weighted by molar-refractivity contribution is -0.357. The highest BCUT2D eigenvalue weighted by molar-refractivity contribution is 6.31. The second kappa shape index (κ2) is 7.73. The Bertz CT molecular complexity index is 795. The minimum atomic E-state index is -2.33. The molecule has 0 radical (unpaired) electrons. The first kappa shape index (κ1) is 20.0. The summed E-state index contributed by atoms with van der Waals surface area (Å²) in [7, 11) is 0. The summed E-state index contributed by atoms with van der Waals surface area (Å²) in [5.41, 5.74) is 1.59. The van der Waals surface area contributed by atoms with Crippen LogP contribution in [0.1, 0.15) is 16.7 Å². The van der Waals surface area contributed by atoms with Crippen molar-refractivity contribution in [2.24, 2.45) is 0 Å². The standard InChI is InChI=1S/C19H21ClO7/c20-14-6-3-12(8-11(14)7-10-1-4-13(22)5-2-10)19(26)18(25)17(24)16(23)15(9-21)27-19/h1-6,8,15-18,21-26H,7,9H2. The summed E-state index contributed by atoms with van der Waals surface area (Å²) < 4.78 is 5.33. The SMILES string of the molecule is OCC1OC(O)(c2ccc(Cl)c(Cc3ccc(O)cc3)c2)C(O)C(O)C1O. The van der Waals surface area contributed by atoms with E-state index in [0.29, 0.717) is 17.0 Å². The molecule has 1 heterocycles. The zero-order valence-corrected chi connectivity index (χ0v) is 15.0. The van der Waals surface area contributed by atoms with E-state index in [4.69, 9.17) is 16.3 Å². The van der Waals surface area contributed by atoms with Gasteiger partial charge < -0.3 is 35.4 Å². The lowest BCUT2D eigenvalue weighted by Crippen LogP contribution is -2.63. The monoisotopic (exact) mass is 396 g/mol. The van der Waals surface area contributed by atoms with Crippen molar-refractivity contribution in [1.29, 1.82) is 0 Å². The molecule has 0 amide bonds. The van der Waals surface area contributed by atoms with Gasteiger partial charge in [0.2, 0.25) is 5.79 Å². The van der Waals surface area contributed by atoms with Crippen LogP contribution in [0.5, 0.6) is 5.75 Å². The average molecular weight is 397 g/mol. The van der Waals surface area contributed by atoms with Gasteiger partial charge in [-0.3, -0.25) is 0 Å². The second-order valence-corrected chi connectivity index (χ2v) is 7.02. The molecule has 0 bridgehead atoms. The molecular formula is C19H21ClO7.